The van der Waals surface area contributed by atoms with E-state index in [1.165, 1.54) is 36.6 Å². The molecule has 3 rings (SSSR count). The molecule has 0 saturated carbocycles. The zero-order valence-corrected chi connectivity index (χ0v) is 16.0. The Morgan fingerprint density at radius 3 is 2.41 bits per heavy atom. The van der Waals surface area contributed by atoms with E-state index in [1.54, 1.807) is 42.5 Å². The Morgan fingerprint density at radius 2 is 1.74 bits per heavy atom. The molecule has 0 aliphatic rings. The summed E-state index contributed by atoms with van der Waals surface area (Å²) in [5.41, 5.74) is 1.23. The highest BCUT2D eigenvalue weighted by molar-refractivity contribution is 7.89. The van der Waals surface area contributed by atoms with E-state index in [-0.39, 0.29) is 23.2 Å². The summed E-state index contributed by atoms with van der Waals surface area (Å²) in [6, 6.07) is 16.0. The van der Waals surface area contributed by atoms with Crippen LogP contribution in [0.2, 0.25) is 0 Å². The highest BCUT2D eigenvalue weighted by Crippen LogP contribution is 2.30. The minimum absolute atomic E-state index is 0.160. The average Bonchev–Trinajstić information content (AvgIpc) is 3.17. The quantitative estimate of drug-likeness (QED) is 0.661. The zero-order valence-electron chi connectivity index (χ0n) is 14.4. The minimum atomic E-state index is -3.48. The maximum absolute atomic E-state index is 13.9. The number of rotatable bonds is 6. The Morgan fingerprint density at radius 1 is 1.04 bits per heavy atom. The predicted octanol–water partition coefficient (Wildman–Crippen LogP) is 3.39. The van der Waals surface area contributed by atoms with E-state index in [0.29, 0.717) is 15.3 Å². The number of halogens is 1. The van der Waals surface area contributed by atoms with Crippen LogP contribution in [0.4, 0.5) is 4.39 Å². The second-order valence-corrected chi connectivity index (χ2v) is 8.65. The Hall–Kier alpha value is -2.55. The van der Waals surface area contributed by atoms with E-state index in [9.17, 15) is 17.6 Å². The first-order valence-electron chi connectivity index (χ1n) is 8.06. The highest BCUT2D eigenvalue weighted by atomic mass is 32.2. The SMILES string of the molecule is CNS(=O)(=O)c1ccc(CNC(=O)c2ccc(-c3ccccc3F)s2)cc1. The lowest BCUT2D eigenvalue weighted by Crippen LogP contribution is -2.22. The summed E-state index contributed by atoms with van der Waals surface area (Å²) in [6.45, 7) is 0.256. The maximum Gasteiger partial charge on any atom is 0.261 e. The molecule has 0 unspecified atom stereocenters. The molecule has 1 aromatic heterocycles. The number of amides is 1. The van der Waals surface area contributed by atoms with Crippen molar-refractivity contribution in [2.24, 2.45) is 0 Å². The Kier molecular flexibility index (Phi) is 5.69. The van der Waals surface area contributed by atoms with Crippen molar-refractivity contribution in [2.75, 3.05) is 7.05 Å². The van der Waals surface area contributed by atoms with Gasteiger partial charge in [-0.15, -0.1) is 11.3 Å². The third-order valence-electron chi connectivity index (χ3n) is 3.92. The van der Waals surface area contributed by atoms with Gasteiger partial charge in [0.05, 0.1) is 9.77 Å². The molecular weight excluding hydrogens is 387 g/mol. The minimum Gasteiger partial charge on any atom is -0.347 e. The van der Waals surface area contributed by atoms with Gasteiger partial charge in [0.1, 0.15) is 5.82 Å². The molecule has 1 heterocycles. The fourth-order valence-corrected chi connectivity index (χ4v) is 4.12. The molecule has 140 valence electrons. The van der Waals surface area contributed by atoms with Crippen molar-refractivity contribution >= 4 is 27.3 Å². The lowest BCUT2D eigenvalue weighted by Gasteiger charge is -2.06. The van der Waals surface area contributed by atoms with E-state index in [4.69, 9.17) is 0 Å². The van der Waals surface area contributed by atoms with Gasteiger partial charge >= 0.3 is 0 Å². The lowest BCUT2D eigenvalue weighted by molar-refractivity contribution is 0.0955. The topological polar surface area (TPSA) is 75.3 Å². The number of nitrogens with one attached hydrogen (secondary N) is 2. The summed E-state index contributed by atoms with van der Waals surface area (Å²) >= 11 is 1.21. The normalized spacial score (nSPS) is 11.3. The van der Waals surface area contributed by atoms with Crippen molar-refractivity contribution < 1.29 is 17.6 Å². The van der Waals surface area contributed by atoms with E-state index in [1.807, 2.05) is 0 Å². The monoisotopic (exact) mass is 404 g/mol. The first kappa shape index (κ1) is 19.2. The van der Waals surface area contributed by atoms with Gasteiger partial charge in [0.15, 0.2) is 0 Å². The van der Waals surface area contributed by atoms with Crippen LogP contribution in [-0.4, -0.2) is 21.4 Å². The fraction of sp³-hybridized carbons (Fsp3) is 0.105. The molecule has 0 spiro atoms. The second kappa shape index (κ2) is 7.99. The van der Waals surface area contributed by atoms with E-state index < -0.39 is 10.0 Å². The number of carbonyl (C=O) groups is 1. The molecule has 2 N–H and O–H groups in total. The molecule has 0 saturated heterocycles. The summed E-state index contributed by atoms with van der Waals surface area (Å²) < 4.78 is 39.5. The van der Waals surface area contributed by atoms with Gasteiger partial charge in [-0.3, -0.25) is 4.79 Å². The summed E-state index contributed by atoms with van der Waals surface area (Å²) in [6.07, 6.45) is 0. The average molecular weight is 404 g/mol. The first-order valence-corrected chi connectivity index (χ1v) is 10.4. The standard InChI is InChI=1S/C19H17FN2O3S2/c1-21-27(24,25)14-8-6-13(7-9-14)12-22-19(23)18-11-10-17(26-18)15-4-2-3-5-16(15)20/h2-11,21H,12H2,1H3,(H,22,23). The van der Waals surface area contributed by atoms with Crippen LogP contribution in [0.1, 0.15) is 15.2 Å². The molecule has 3 aromatic rings. The van der Waals surface area contributed by atoms with E-state index in [2.05, 4.69) is 10.0 Å². The van der Waals surface area contributed by atoms with Crippen molar-refractivity contribution in [2.45, 2.75) is 11.4 Å². The van der Waals surface area contributed by atoms with Crippen LogP contribution in [0.3, 0.4) is 0 Å². The number of hydrogen-bond acceptors (Lipinski definition) is 4. The molecule has 5 nitrogen and oxygen atoms in total. The van der Waals surface area contributed by atoms with Gasteiger partial charge in [0.25, 0.3) is 5.91 Å². The molecule has 0 fully saturated rings. The Labute approximate surface area is 160 Å². The number of hydrogen-bond donors (Lipinski definition) is 2. The van der Waals surface area contributed by atoms with Gasteiger partial charge < -0.3 is 5.32 Å². The molecule has 2 aromatic carbocycles. The lowest BCUT2D eigenvalue weighted by atomic mass is 10.2. The van der Waals surface area contributed by atoms with Gasteiger partial charge in [-0.2, -0.15) is 0 Å². The van der Waals surface area contributed by atoms with Crippen molar-refractivity contribution in [3.63, 3.8) is 0 Å². The Bertz CT molecular complexity index is 1060. The number of benzene rings is 2. The van der Waals surface area contributed by atoms with Gasteiger partial charge in [0.2, 0.25) is 10.0 Å². The van der Waals surface area contributed by atoms with Crippen LogP contribution in [0.25, 0.3) is 10.4 Å². The first-order chi connectivity index (χ1) is 12.9. The summed E-state index contributed by atoms with van der Waals surface area (Å²) in [5.74, 6) is -0.600. The van der Waals surface area contributed by atoms with E-state index >= 15 is 0 Å². The number of sulfonamides is 1. The Balaban J connectivity index is 1.66. The second-order valence-electron chi connectivity index (χ2n) is 5.68. The van der Waals surface area contributed by atoms with Crippen LogP contribution in [0.5, 0.6) is 0 Å². The number of carbonyl (C=O) groups excluding carboxylic acids is 1. The molecule has 8 heteroatoms. The molecule has 0 aliphatic carbocycles. The summed E-state index contributed by atoms with van der Waals surface area (Å²) in [7, 11) is -2.14. The molecule has 0 atom stereocenters. The molecule has 0 aliphatic heterocycles. The smallest absolute Gasteiger partial charge is 0.261 e. The molecule has 0 bridgehead atoms. The number of thiophene rings is 1. The zero-order chi connectivity index (χ0) is 19.4. The molecule has 0 radical (unpaired) electrons. The fourth-order valence-electron chi connectivity index (χ4n) is 2.44. The molecule has 1 amide bonds. The van der Waals surface area contributed by atoms with Gasteiger partial charge in [-0.1, -0.05) is 30.3 Å². The maximum atomic E-state index is 13.9. The third-order valence-corrected chi connectivity index (χ3v) is 6.47. The van der Waals surface area contributed by atoms with Gasteiger partial charge in [-0.25, -0.2) is 17.5 Å². The molecular formula is C19H17FN2O3S2. The van der Waals surface area contributed by atoms with Crippen molar-refractivity contribution in [3.05, 3.63) is 76.9 Å². The van der Waals surface area contributed by atoms with Crippen LogP contribution in [-0.2, 0) is 16.6 Å². The van der Waals surface area contributed by atoms with Crippen molar-refractivity contribution in [1.29, 1.82) is 0 Å². The van der Waals surface area contributed by atoms with E-state index in [0.717, 1.165) is 5.56 Å². The largest absolute Gasteiger partial charge is 0.347 e. The van der Waals surface area contributed by atoms with Gasteiger partial charge in [0, 0.05) is 17.0 Å². The van der Waals surface area contributed by atoms with Crippen molar-refractivity contribution in [3.8, 4) is 10.4 Å². The predicted molar refractivity (Wildman–Crippen MR) is 104 cm³/mol. The third kappa shape index (κ3) is 4.41. The van der Waals surface area contributed by atoms with Gasteiger partial charge in [-0.05, 0) is 42.9 Å². The van der Waals surface area contributed by atoms with Crippen LogP contribution in [0.15, 0.2) is 65.6 Å². The van der Waals surface area contributed by atoms with Crippen LogP contribution < -0.4 is 10.0 Å². The van der Waals surface area contributed by atoms with Crippen LogP contribution in [0, 0.1) is 5.82 Å². The highest BCUT2D eigenvalue weighted by Gasteiger charge is 2.13. The molecule has 27 heavy (non-hydrogen) atoms. The summed E-state index contributed by atoms with van der Waals surface area (Å²) in [4.78, 5) is 13.6. The van der Waals surface area contributed by atoms with Crippen LogP contribution >= 0.6 is 11.3 Å². The van der Waals surface area contributed by atoms with Crippen molar-refractivity contribution in [1.82, 2.24) is 10.0 Å². The summed E-state index contributed by atoms with van der Waals surface area (Å²) in [5, 5.41) is 2.78.